The van der Waals surface area contributed by atoms with Gasteiger partial charge in [0.05, 0.1) is 22.5 Å². The van der Waals surface area contributed by atoms with Crippen molar-refractivity contribution in [3.05, 3.63) is 63.5 Å². The van der Waals surface area contributed by atoms with E-state index < -0.39 is 23.4 Å². The molecule has 0 atom stereocenters. The Labute approximate surface area is 160 Å². The van der Waals surface area contributed by atoms with Gasteiger partial charge in [0.1, 0.15) is 5.75 Å². The third kappa shape index (κ3) is 3.42. The minimum Gasteiger partial charge on any atom is -0.507 e. The van der Waals surface area contributed by atoms with Gasteiger partial charge in [0.15, 0.2) is 17.5 Å². The van der Waals surface area contributed by atoms with Crippen LogP contribution in [-0.2, 0) is 7.05 Å². The zero-order chi connectivity index (χ0) is 19.9. The van der Waals surface area contributed by atoms with Crippen LogP contribution in [-0.4, -0.2) is 21.3 Å². The Kier molecular flexibility index (Phi) is 4.97. The van der Waals surface area contributed by atoms with Crippen LogP contribution in [0.2, 0.25) is 0 Å². The monoisotopic (exact) mass is 439 g/mol. The van der Waals surface area contributed by atoms with Gasteiger partial charge in [0, 0.05) is 23.0 Å². The maximum Gasteiger partial charge on any atom is 0.275 e. The van der Waals surface area contributed by atoms with Crippen LogP contribution in [0.4, 0.5) is 13.2 Å². The Morgan fingerprint density at radius 1 is 1.19 bits per heavy atom. The number of phenols is 1. The summed E-state index contributed by atoms with van der Waals surface area (Å²) < 4.78 is 42.9. The summed E-state index contributed by atoms with van der Waals surface area (Å²) in [6, 6.07) is 6.55. The molecule has 2 aromatic carbocycles. The van der Waals surface area contributed by atoms with Crippen molar-refractivity contribution in [2.24, 2.45) is 12.1 Å². The highest BCUT2D eigenvalue weighted by Gasteiger charge is 2.19. The molecule has 3 rings (SSSR count). The molecule has 0 bridgehead atoms. The van der Waals surface area contributed by atoms with E-state index in [0.29, 0.717) is 10.2 Å². The average Bonchev–Trinajstić information content (AvgIpc) is 2.96. The molecule has 140 valence electrons. The summed E-state index contributed by atoms with van der Waals surface area (Å²) in [5, 5.41) is 13.6. The number of halogens is 4. The number of nitrogens with zero attached hydrogens (tertiary/aromatic N) is 2. The lowest BCUT2D eigenvalue weighted by Gasteiger charge is -2.06. The average molecular weight is 440 g/mol. The molecule has 1 heterocycles. The lowest BCUT2D eigenvalue weighted by Crippen LogP contribution is -2.20. The van der Waals surface area contributed by atoms with Gasteiger partial charge >= 0.3 is 0 Å². The van der Waals surface area contributed by atoms with Crippen LogP contribution in [0.25, 0.3) is 10.9 Å². The first kappa shape index (κ1) is 19.0. The zero-order valence-corrected chi connectivity index (χ0v) is 15.7. The van der Waals surface area contributed by atoms with Crippen LogP contribution in [0.15, 0.2) is 39.9 Å². The van der Waals surface area contributed by atoms with Crippen molar-refractivity contribution in [1.29, 1.82) is 0 Å². The van der Waals surface area contributed by atoms with Gasteiger partial charge in [-0.2, -0.15) is 5.10 Å². The molecule has 0 fully saturated rings. The number of carbonyl (C=O) groups excluding carboxylic acids is 1. The number of nitrogens with one attached hydrogen (secondary N) is 1. The summed E-state index contributed by atoms with van der Waals surface area (Å²) in [4.78, 5) is 12.2. The highest BCUT2D eigenvalue weighted by molar-refractivity contribution is 9.10. The molecule has 3 aromatic rings. The van der Waals surface area contributed by atoms with Crippen molar-refractivity contribution < 1.29 is 23.1 Å². The molecule has 0 aliphatic rings. The zero-order valence-electron chi connectivity index (χ0n) is 14.1. The van der Waals surface area contributed by atoms with Gasteiger partial charge in [-0.3, -0.25) is 4.79 Å². The number of amides is 1. The Bertz CT molecular complexity index is 1110. The molecule has 0 radical (unpaired) electrons. The fourth-order valence-electron chi connectivity index (χ4n) is 2.66. The lowest BCUT2D eigenvalue weighted by molar-refractivity contribution is 0.0952. The van der Waals surface area contributed by atoms with Crippen LogP contribution in [0.3, 0.4) is 0 Å². The summed E-state index contributed by atoms with van der Waals surface area (Å²) in [6.07, 6.45) is 0. The van der Waals surface area contributed by atoms with Crippen LogP contribution in [0.1, 0.15) is 23.0 Å². The number of hydrazone groups is 1. The van der Waals surface area contributed by atoms with Crippen molar-refractivity contribution in [2.45, 2.75) is 6.92 Å². The number of aromatic hydroxyl groups is 1. The smallest absolute Gasteiger partial charge is 0.275 e. The predicted molar refractivity (Wildman–Crippen MR) is 98.3 cm³/mol. The number of hydrogen-bond acceptors (Lipinski definition) is 3. The topological polar surface area (TPSA) is 66.6 Å². The molecule has 0 spiro atoms. The third-order valence-corrected chi connectivity index (χ3v) is 4.57. The quantitative estimate of drug-likeness (QED) is 0.364. The number of hydrogen-bond donors (Lipinski definition) is 2. The van der Waals surface area contributed by atoms with Gasteiger partial charge in [0.2, 0.25) is 0 Å². The first-order chi connectivity index (χ1) is 12.7. The first-order valence-electron chi connectivity index (χ1n) is 7.67. The van der Waals surface area contributed by atoms with E-state index in [1.54, 1.807) is 13.0 Å². The van der Waals surface area contributed by atoms with Crippen molar-refractivity contribution >= 4 is 38.5 Å². The molecular formula is C18H13BrF3N3O2. The summed E-state index contributed by atoms with van der Waals surface area (Å²) in [7, 11) is 1.54. The molecule has 0 aliphatic heterocycles. The van der Waals surface area contributed by atoms with E-state index >= 15 is 0 Å². The standard InChI is InChI=1S/C18H13BrF3N3O2/c1-8(23-24-18(27)11-5-9(19)3-4-15(11)26)13-6-10-14(25(13)2)7-12(20)17(22)16(10)21/h3-7,26H,1-2H3,(H,24,27). The van der Waals surface area contributed by atoms with Crippen molar-refractivity contribution in [1.82, 2.24) is 9.99 Å². The lowest BCUT2D eigenvalue weighted by atomic mass is 10.2. The molecule has 9 heteroatoms. The van der Waals surface area contributed by atoms with E-state index in [4.69, 9.17) is 0 Å². The molecular weight excluding hydrogens is 427 g/mol. The molecule has 27 heavy (non-hydrogen) atoms. The fraction of sp³-hybridized carbons (Fsp3) is 0.111. The largest absolute Gasteiger partial charge is 0.507 e. The van der Waals surface area contributed by atoms with E-state index in [0.717, 1.165) is 6.07 Å². The summed E-state index contributed by atoms with van der Waals surface area (Å²) in [6.45, 7) is 1.54. The molecule has 0 unspecified atom stereocenters. The molecule has 2 N–H and O–H groups in total. The van der Waals surface area contributed by atoms with Gasteiger partial charge in [-0.1, -0.05) is 15.9 Å². The van der Waals surface area contributed by atoms with E-state index in [2.05, 4.69) is 26.5 Å². The minimum absolute atomic E-state index is 0.00755. The maximum absolute atomic E-state index is 14.0. The predicted octanol–water partition coefficient (Wildman–Crippen LogP) is 4.22. The van der Waals surface area contributed by atoms with Gasteiger partial charge in [-0.15, -0.1) is 0 Å². The number of carbonyl (C=O) groups is 1. The van der Waals surface area contributed by atoms with Crippen molar-refractivity contribution in [3.8, 4) is 5.75 Å². The Morgan fingerprint density at radius 2 is 1.89 bits per heavy atom. The molecule has 0 saturated heterocycles. The maximum atomic E-state index is 14.0. The van der Waals surface area contributed by atoms with Crippen molar-refractivity contribution in [2.75, 3.05) is 0 Å². The Morgan fingerprint density at radius 3 is 2.59 bits per heavy atom. The van der Waals surface area contributed by atoms with Crippen LogP contribution < -0.4 is 5.43 Å². The number of aromatic nitrogens is 1. The molecule has 1 aromatic heterocycles. The number of aryl methyl sites for hydroxylation is 1. The number of rotatable bonds is 3. The fourth-order valence-corrected chi connectivity index (χ4v) is 3.03. The number of fused-ring (bicyclic) bond motifs is 1. The van der Waals surface area contributed by atoms with Crippen LogP contribution in [0.5, 0.6) is 5.75 Å². The summed E-state index contributed by atoms with van der Waals surface area (Å²) >= 11 is 3.20. The Balaban J connectivity index is 1.95. The Hall–Kier alpha value is -2.81. The van der Waals surface area contributed by atoms with E-state index in [1.165, 1.54) is 29.8 Å². The van der Waals surface area contributed by atoms with Crippen LogP contribution >= 0.6 is 15.9 Å². The minimum atomic E-state index is -1.55. The molecule has 1 amide bonds. The first-order valence-corrected chi connectivity index (χ1v) is 8.46. The second-order valence-electron chi connectivity index (χ2n) is 5.81. The SMILES string of the molecule is CC(=NNC(=O)c1cc(Br)ccc1O)c1cc2c(F)c(F)c(F)cc2n1C. The summed E-state index contributed by atoms with van der Waals surface area (Å²) in [5.41, 5.74) is 3.07. The highest BCUT2D eigenvalue weighted by Crippen LogP contribution is 2.26. The summed E-state index contributed by atoms with van der Waals surface area (Å²) in [5.74, 6) is -5.01. The van der Waals surface area contributed by atoms with Gasteiger partial charge in [0.25, 0.3) is 5.91 Å². The third-order valence-electron chi connectivity index (χ3n) is 4.08. The molecule has 0 aliphatic carbocycles. The second kappa shape index (κ2) is 7.07. The van der Waals surface area contributed by atoms with E-state index in [9.17, 15) is 23.1 Å². The highest BCUT2D eigenvalue weighted by atomic mass is 79.9. The van der Waals surface area contributed by atoms with Crippen LogP contribution in [0, 0.1) is 17.5 Å². The van der Waals surface area contributed by atoms with E-state index in [1.807, 2.05) is 0 Å². The van der Waals surface area contributed by atoms with E-state index in [-0.39, 0.29) is 27.9 Å². The number of phenolic OH excluding ortho intramolecular Hbond substituents is 1. The normalized spacial score (nSPS) is 11.9. The number of benzene rings is 2. The van der Waals surface area contributed by atoms with Gasteiger partial charge in [-0.05, 0) is 31.2 Å². The molecule has 0 saturated carbocycles. The van der Waals surface area contributed by atoms with Gasteiger partial charge < -0.3 is 9.67 Å². The second-order valence-corrected chi connectivity index (χ2v) is 6.72. The van der Waals surface area contributed by atoms with Crippen molar-refractivity contribution in [3.63, 3.8) is 0 Å². The molecule has 5 nitrogen and oxygen atoms in total. The van der Waals surface area contributed by atoms with Gasteiger partial charge in [-0.25, -0.2) is 18.6 Å².